The maximum Gasteiger partial charge on any atom is 0.144 e. The van der Waals surface area contributed by atoms with E-state index in [-0.39, 0.29) is 13.2 Å². The van der Waals surface area contributed by atoms with Gasteiger partial charge >= 0.3 is 0 Å². The van der Waals surface area contributed by atoms with E-state index in [1.165, 1.54) is 0 Å². The Morgan fingerprint density at radius 2 is 2.14 bits per heavy atom. The van der Waals surface area contributed by atoms with Gasteiger partial charge in [0, 0.05) is 25.8 Å². The highest BCUT2D eigenvalue weighted by molar-refractivity contribution is 5.61. The summed E-state index contributed by atoms with van der Waals surface area (Å²) in [5.74, 6) is 0.616. The number of nitrogen functional groups attached to an aromatic ring is 1. The van der Waals surface area contributed by atoms with Crippen LogP contribution in [0.15, 0.2) is 18.2 Å². The predicted octanol–water partition coefficient (Wildman–Crippen LogP) is 0.706. The third-order valence-corrected chi connectivity index (χ3v) is 1.86. The lowest BCUT2D eigenvalue weighted by atomic mass is 10.2. The number of benzene rings is 1. The van der Waals surface area contributed by atoms with Gasteiger partial charge in [-0.1, -0.05) is 0 Å². The molecule has 0 fully saturated rings. The average molecular weight is 196 g/mol. The van der Waals surface area contributed by atoms with Crippen LogP contribution >= 0.6 is 0 Å². The van der Waals surface area contributed by atoms with E-state index < -0.39 is 0 Å². The molecule has 0 aliphatic heterocycles. The fourth-order valence-electron chi connectivity index (χ4n) is 1.08. The fourth-order valence-corrected chi connectivity index (χ4v) is 1.08. The van der Waals surface area contributed by atoms with Crippen LogP contribution in [0.2, 0.25) is 0 Å². The molecule has 0 unspecified atom stereocenters. The van der Waals surface area contributed by atoms with E-state index in [9.17, 15) is 0 Å². The van der Waals surface area contributed by atoms with Gasteiger partial charge in [0.2, 0.25) is 0 Å². The van der Waals surface area contributed by atoms with Crippen molar-refractivity contribution in [1.82, 2.24) is 0 Å². The highest BCUT2D eigenvalue weighted by Gasteiger charge is 2.03. The number of aliphatic hydroxyl groups is 1. The molecule has 0 aliphatic rings. The van der Waals surface area contributed by atoms with Gasteiger partial charge in [-0.25, -0.2) is 0 Å². The van der Waals surface area contributed by atoms with Gasteiger partial charge in [0.1, 0.15) is 12.4 Å². The molecule has 0 heterocycles. The molecule has 1 rings (SSSR count). The Morgan fingerprint density at radius 3 is 2.71 bits per heavy atom. The summed E-state index contributed by atoms with van der Waals surface area (Å²) in [5, 5.41) is 8.62. The molecule has 0 saturated carbocycles. The summed E-state index contributed by atoms with van der Waals surface area (Å²) in [4.78, 5) is 1.96. The normalized spacial score (nSPS) is 9.93. The first-order valence-corrected chi connectivity index (χ1v) is 4.45. The average Bonchev–Trinajstić information content (AvgIpc) is 2.16. The number of hydrogen-bond acceptors (Lipinski definition) is 4. The van der Waals surface area contributed by atoms with E-state index in [0.29, 0.717) is 11.4 Å². The van der Waals surface area contributed by atoms with Crippen molar-refractivity contribution in [2.75, 3.05) is 37.9 Å². The molecule has 0 amide bonds. The van der Waals surface area contributed by atoms with Crippen molar-refractivity contribution in [3.05, 3.63) is 18.2 Å². The molecule has 0 aromatic heterocycles. The number of ether oxygens (including phenoxy) is 1. The summed E-state index contributed by atoms with van der Waals surface area (Å²) in [7, 11) is 3.89. The maximum absolute atomic E-state index is 8.62. The molecule has 0 atom stereocenters. The van der Waals surface area contributed by atoms with E-state index >= 15 is 0 Å². The number of anilines is 2. The fraction of sp³-hybridized carbons (Fsp3) is 0.400. The summed E-state index contributed by atoms with van der Waals surface area (Å²) in [6.45, 7) is 0.257. The Hall–Kier alpha value is -1.42. The molecule has 0 bridgehead atoms. The minimum atomic E-state index is -0.00830. The van der Waals surface area contributed by atoms with Crippen molar-refractivity contribution >= 4 is 11.4 Å². The second-order valence-corrected chi connectivity index (χ2v) is 3.19. The topological polar surface area (TPSA) is 58.7 Å². The monoisotopic (exact) mass is 196 g/mol. The molecule has 0 radical (unpaired) electrons. The number of nitrogens with zero attached hydrogens (tertiary/aromatic N) is 1. The largest absolute Gasteiger partial charge is 0.489 e. The zero-order chi connectivity index (χ0) is 10.6. The number of rotatable bonds is 4. The molecule has 4 nitrogen and oxygen atoms in total. The lowest BCUT2D eigenvalue weighted by Crippen LogP contribution is -2.10. The summed E-state index contributed by atoms with van der Waals surface area (Å²) in [6.07, 6.45) is 0. The van der Waals surface area contributed by atoms with Crippen molar-refractivity contribution in [2.24, 2.45) is 0 Å². The summed E-state index contributed by atoms with van der Waals surface area (Å²) >= 11 is 0. The molecule has 14 heavy (non-hydrogen) atoms. The van der Waals surface area contributed by atoms with Crippen LogP contribution < -0.4 is 15.4 Å². The van der Waals surface area contributed by atoms with Gasteiger partial charge in [0.15, 0.2) is 0 Å². The van der Waals surface area contributed by atoms with E-state index in [0.717, 1.165) is 5.69 Å². The Labute approximate surface area is 83.9 Å². The quantitative estimate of drug-likeness (QED) is 0.696. The van der Waals surface area contributed by atoms with Crippen LogP contribution in [0.1, 0.15) is 0 Å². The molecular weight excluding hydrogens is 180 g/mol. The van der Waals surface area contributed by atoms with Crippen LogP contribution in [0.5, 0.6) is 5.75 Å². The zero-order valence-corrected chi connectivity index (χ0v) is 8.53. The van der Waals surface area contributed by atoms with Gasteiger partial charge in [-0.05, 0) is 12.1 Å². The van der Waals surface area contributed by atoms with Crippen LogP contribution in [-0.4, -0.2) is 32.4 Å². The molecule has 0 aliphatic carbocycles. The van der Waals surface area contributed by atoms with Crippen LogP contribution in [0, 0.1) is 0 Å². The zero-order valence-electron chi connectivity index (χ0n) is 8.53. The van der Waals surface area contributed by atoms with Crippen molar-refractivity contribution < 1.29 is 9.84 Å². The Balaban J connectivity index is 2.85. The van der Waals surface area contributed by atoms with E-state index in [1.54, 1.807) is 6.07 Å². The smallest absolute Gasteiger partial charge is 0.144 e. The lowest BCUT2D eigenvalue weighted by Gasteiger charge is -2.15. The van der Waals surface area contributed by atoms with Crippen LogP contribution in [0.25, 0.3) is 0 Å². The van der Waals surface area contributed by atoms with Crippen molar-refractivity contribution in [3.63, 3.8) is 0 Å². The summed E-state index contributed by atoms with van der Waals surface area (Å²) < 4.78 is 5.28. The van der Waals surface area contributed by atoms with E-state index in [2.05, 4.69) is 0 Å². The van der Waals surface area contributed by atoms with Crippen LogP contribution in [-0.2, 0) is 0 Å². The standard InChI is InChI=1S/C10H16N2O2/c1-12(2)8-3-4-9(11)10(7-8)14-6-5-13/h3-4,7,13H,5-6,11H2,1-2H3. The highest BCUT2D eigenvalue weighted by Crippen LogP contribution is 2.26. The van der Waals surface area contributed by atoms with Gasteiger partial charge in [-0.3, -0.25) is 0 Å². The molecule has 78 valence electrons. The van der Waals surface area contributed by atoms with Gasteiger partial charge in [-0.15, -0.1) is 0 Å². The number of aliphatic hydroxyl groups excluding tert-OH is 1. The second kappa shape index (κ2) is 4.72. The van der Waals surface area contributed by atoms with Crippen molar-refractivity contribution in [1.29, 1.82) is 0 Å². The van der Waals surface area contributed by atoms with E-state index in [1.807, 2.05) is 31.1 Å². The Morgan fingerprint density at radius 1 is 1.43 bits per heavy atom. The molecule has 1 aromatic rings. The number of hydrogen-bond donors (Lipinski definition) is 2. The van der Waals surface area contributed by atoms with Gasteiger partial charge in [0.25, 0.3) is 0 Å². The molecule has 4 heteroatoms. The molecule has 1 aromatic carbocycles. The Kier molecular flexibility index (Phi) is 3.59. The first-order chi connectivity index (χ1) is 6.65. The number of nitrogens with two attached hydrogens (primary N) is 1. The summed E-state index contributed by atoms with van der Waals surface area (Å²) in [6, 6.07) is 5.56. The molecular formula is C10H16N2O2. The predicted molar refractivity (Wildman–Crippen MR) is 57.8 cm³/mol. The molecule has 3 N–H and O–H groups in total. The molecule has 0 spiro atoms. The van der Waals surface area contributed by atoms with Crippen molar-refractivity contribution in [2.45, 2.75) is 0 Å². The van der Waals surface area contributed by atoms with Crippen LogP contribution in [0.3, 0.4) is 0 Å². The van der Waals surface area contributed by atoms with Gasteiger partial charge in [-0.2, -0.15) is 0 Å². The highest BCUT2D eigenvalue weighted by atomic mass is 16.5. The lowest BCUT2D eigenvalue weighted by molar-refractivity contribution is 0.202. The molecule has 0 saturated heterocycles. The second-order valence-electron chi connectivity index (χ2n) is 3.19. The SMILES string of the molecule is CN(C)c1ccc(N)c(OCCO)c1. The first-order valence-electron chi connectivity index (χ1n) is 4.45. The van der Waals surface area contributed by atoms with E-state index in [4.69, 9.17) is 15.6 Å². The van der Waals surface area contributed by atoms with Gasteiger partial charge < -0.3 is 20.5 Å². The summed E-state index contributed by atoms with van der Waals surface area (Å²) in [5.41, 5.74) is 7.31. The first kappa shape index (κ1) is 10.7. The maximum atomic E-state index is 8.62. The minimum Gasteiger partial charge on any atom is -0.489 e. The third kappa shape index (κ3) is 2.53. The Bertz CT molecular complexity index is 300. The third-order valence-electron chi connectivity index (χ3n) is 1.86. The van der Waals surface area contributed by atoms with Crippen molar-refractivity contribution in [3.8, 4) is 5.75 Å². The minimum absolute atomic E-state index is 0.00830. The van der Waals surface area contributed by atoms with Gasteiger partial charge in [0.05, 0.1) is 12.3 Å². The van der Waals surface area contributed by atoms with Crippen LogP contribution in [0.4, 0.5) is 11.4 Å².